The summed E-state index contributed by atoms with van der Waals surface area (Å²) in [4.78, 5) is 36.6. The van der Waals surface area contributed by atoms with Gasteiger partial charge in [-0.25, -0.2) is 4.98 Å². The van der Waals surface area contributed by atoms with E-state index in [-0.39, 0.29) is 11.8 Å². The van der Waals surface area contributed by atoms with E-state index in [2.05, 4.69) is 21.8 Å². The molecule has 1 aliphatic heterocycles. The third kappa shape index (κ3) is 5.06. The molecule has 1 N–H and O–H groups in total. The summed E-state index contributed by atoms with van der Waals surface area (Å²) >= 11 is 0. The zero-order valence-electron chi connectivity index (χ0n) is 19.5. The van der Waals surface area contributed by atoms with E-state index in [1.54, 1.807) is 19.4 Å². The largest absolute Gasteiger partial charge is 0.384 e. The highest BCUT2D eigenvalue weighted by Crippen LogP contribution is 2.29. The smallest absolute Gasteiger partial charge is 0.256 e. The Morgan fingerprint density at radius 2 is 2.15 bits per heavy atom. The minimum Gasteiger partial charge on any atom is -0.384 e. The van der Waals surface area contributed by atoms with Crippen LogP contribution in [0.5, 0.6) is 0 Å². The summed E-state index contributed by atoms with van der Waals surface area (Å²) < 4.78 is 7.45. The number of piperidine rings is 1. The number of benzene rings is 1. The van der Waals surface area contributed by atoms with Gasteiger partial charge in [0.25, 0.3) is 5.91 Å². The molecule has 1 aliphatic rings. The molecule has 174 valence electrons. The van der Waals surface area contributed by atoms with Crippen LogP contribution in [0.25, 0.3) is 11.0 Å². The standard InChI is InChI=1S/C25H31N5O3/c1-4-23-28-22-12-20(27-17(2)31)11-21(24(22)30(23)15-18-7-5-9-26-13-18)25(32)29-10-6-8-19(14-29)16-33-3/h5,7,9,11-13,19H,4,6,8,10,14-16H2,1-3H3,(H,27,31). The summed E-state index contributed by atoms with van der Waals surface area (Å²) in [5, 5.41) is 2.83. The monoisotopic (exact) mass is 449 g/mol. The molecule has 3 aromatic rings. The van der Waals surface area contributed by atoms with Crippen molar-refractivity contribution < 1.29 is 14.3 Å². The minimum atomic E-state index is -0.184. The lowest BCUT2D eigenvalue weighted by Crippen LogP contribution is -2.41. The van der Waals surface area contributed by atoms with Crippen LogP contribution in [0.15, 0.2) is 36.7 Å². The summed E-state index contributed by atoms with van der Waals surface area (Å²) in [5.74, 6) is 0.992. The maximum Gasteiger partial charge on any atom is 0.256 e. The molecule has 0 bridgehead atoms. The Hall–Kier alpha value is -3.26. The van der Waals surface area contributed by atoms with Gasteiger partial charge in [0.15, 0.2) is 0 Å². The lowest BCUT2D eigenvalue weighted by Gasteiger charge is -2.32. The van der Waals surface area contributed by atoms with Gasteiger partial charge in [0.05, 0.1) is 29.7 Å². The number of aryl methyl sites for hydroxylation is 1. The van der Waals surface area contributed by atoms with E-state index in [1.807, 2.05) is 29.3 Å². The average molecular weight is 450 g/mol. The Morgan fingerprint density at radius 3 is 2.85 bits per heavy atom. The number of imidazole rings is 1. The highest BCUT2D eigenvalue weighted by atomic mass is 16.5. The van der Waals surface area contributed by atoms with Gasteiger partial charge in [0.2, 0.25) is 5.91 Å². The molecule has 33 heavy (non-hydrogen) atoms. The number of aromatic nitrogens is 3. The molecule has 1 unspecified atom stereocenters. The van der Waals surface area contributed by atoms with Crippen LogP contribution in [0.2, 0.25) is 0 Å². The second kappa shape index (κ2) is 10.1. The fraction of sp³-hybridized carbons (Fsp3) is 0.440. The predicted molar refractivity (Wildman–Crippen MR) is 127 cm³/mol. The molecule has 0 spiro atoms. The van der Waals surface area contributed by atoms with E-state index in [4.69, 9.17) is 9.72 Å². The molecule has 1 fully saturated rings. The summed E-state index contributed by atoms with van der Waals surface area (Å²) in [6.07, 6.45) is 6.30. The fourth-order valence-electron chi connectivity index (χ4n) is 4.66. The number of amides is 2. The van der Waals surface area contributed by atoms with Crippen LogP contribution in [0.4, 0.5) is 5.69 Å². The van der Waals surface area contributed by atoms with Crippen LogP contribution >= 0.6 is 0 Å². The van der Waals surface area contributed by atoms with E-state index in [0.717, 1.165) is 36.2 Å². The molecule has 0 saturated carbocycles. The van der Waals surface area contributed by atoms with E-state index in [0.29, 0.717) is 48.9 Å². The summed E-state index contributed by atoms with van der Waals surface area (Å²) in [5.41, 5.74) is 3.68. The zero-order valence-corrected chi connectivity index (χ0v) is 19.5. The Kier molecular flexibility index (Phi) is 7.03. The van der Waals surface area contributed by atoms with Crippen molar-refractivity contribution in [2.45, 2.75) is 39.7 Å². The lowest BCUT2D eigenvalue weighted by atomic mass is 9.98. The molecule has 4 rings (SSSR count). The lowest BCUT2D eigenvalue weighted by molar-refractivity contribution is -0.114. The Labute approximate surface area is 194 Å². The van der Waals surface area contributed by atoms with Crippen molar-refractivity contribution in [2.75, 3.05) is 32.1 Å². The third-order valence-corrected chi connectivity index (χ3v) is 6.06. The normalized spacial score (nSPS) is 16.2. The van der Waals surface area contributed by atoms with Crippen LogP contribution in [-0.4, -0.2) is 58.1 Å². The van der Waals surface area contributed by atoms with Crippen LogP contribution in [-0.2, 0) is 22.5 Å². The number of nitrogens with one attached hydrogen (secondary N) is 1. The molecule has 2 aromatic heterocycles. The summed E-state index contributed by atoms with van der Waals surface area (Å²) in [7, 11) is 1.70. The number of methoxy groups -OCH3 is 1. The summed E-state index contributed by atoms with van der Waals surface area (Å²) in [6.45, 7) is 6.10. The van der Waals surface area contributed by atoms with Crippen LogP contribution in [0.3, 0.4) is 0 Å². The molecule has 0 aliphatic carbocycles. The van der Waals surface area contributed by atoms with Gasteiger partial charge in [-0.2, -0.15) is 0 Å². The van der Waals surface area contributed by atoms with Crippen LogP contribution < -0.4 is 5.32 Å². The number of carbonyl (C=O) groups excluding carboxylic acids is 2. The third-order valence-electron chi connectivity index (χ3n) is 6.06. The van der Waals surface area contributed by atoms with Gasteiger partial charge in [0, 0.05) is 51.6 Å². The number of likely N-dealkylation sites (tertiary alicyclic amines) is 1. The minimum absolute atomic E-state index is 0.0389. The molecule has 1 atom stereocenters. The van der Waals surface area contributed by atoms with Gasteiger partial charge in [0.1, 0.15) is 5.82 Å². The van der Waals surface area contributed by atoms with E-state index < -0.39 is 0 Å². The van der Waals surface area contributed by atoms with Gasteiger partial charge in [-0.1, -0.05) is 13.0 Å². The first kappa shape index (κ1) is 22.9. The number of hydrogen-bond acceptors (Lipinski definition) is 5. The zero-order chi connectivity index (χ0) is 23.4. The SMILES string of the molecule is CCc1nc2cc(NC(C)=O)cc(C(=O)N3CCCC(COC)C3)c2n1Cc1cccnc1. The number of carbonyl (C=O) groups is 2. The second-order valence-electron chi connectivity index (χ2n) is 8.62. The van der Waals surface area contributed by atoms with Gasteiger partial charge in [-0.05, 0) is 42.5 Å². The van der Waals surface area contributed by atoms with E-state index in [9.17, 15) is 9.59 Å². The molecule has 1 saturated heterocycles. The van der Waals surface area contributed by atoms with Crippen molar-refractivity contribution in [3.05, 3.63) is 53.6 Å². The van der Waals surface area contributed by atoms with E-state index >= 15 is 0 Å². The maximum atomic E-state index is 13.8. The number of nitrogens with zero attached hydrogens (tertiary/aromatic N) is 4. The van der Waals surface area contributed by atoms with Crippen molar-refractivity contribution in [1.82, 2.24) is 19.4 Å². The fourth-order valence-corrected chi connectivity index (χ4v) is 4.66. The van der Waals surface area contributed by atoms with Gasteiger partial charge < -0.3 is 19.5 Å². The van der Waals surface area contributed by atoms with Gasteiger partial charge in [-0.3, -0.25) is 14.6 Å². The predicted octanol–water partition coefficient (Wildman–Crippen LogP) is 3.50. The average Bonchev–Trinajstić information content (AvgIpc) is 3.16. The number of ether oxygens (including phenoxy) is 1. The number of hydrogen-bond donors (Lipinski definition) is 1. The first-order valence-electron chi connectivity index (χ1n) is 11.5. The molecule has 8 heteroatoms. The molecular formula is C25H31N5O3. The Bertz CT molecular complexity index is 1140. The second-order valence-corrected chi connectivity index (χ2v) is 8.62. The Balaban J connectivity index is 1.82. The molecule has 0 radical (unpaired) electrons. The number of pyridine rings is 1. The van der Waals surface area contributed by atoms with E-state index in [1.165, 1.54) is 6.92 Å². The highest BCUT2D eigenvalue weighted by Gasteiger charge is 2.28. The van der Waals surface area contributed by atoms with Crippen molar-refractivity contribution in [1.29, 1.82) is 0 Å². The van der Waals surface area contributed by atoms with Crippen molar-refractivity contribution >= 4 is 28.5 Å². The number of anilines is 1. The molecular weight excluding hydrogens is 418 g/mol. The van der Waals surface area contributed by atoms with Crippen LogP contribution in [0, 0.1) is 5.92 Å². The number of fused-ring (bicyclic) bond motifs is 1. The quantitative estimate of drug-likeness (QED) is 0.596. The molecule has 3 heterocycles. The maximum absolute atomic E-state index is 13.8. The van der Waals surface area contributed by atoms with Crippen molar-refractivity contribution in [3.8, 4) is 0 Å². The van der Waals surface area contributed by atoms with Crippen molar-refractivity contribution in [3.63, 3.8) is 0 Å². The van der Waals surface area contributed by atoms with Crippen molar-refractivity contribution in [2.24, 2.45) is 5.92 Å². The highest BCUT2D eigenvalue weighted by molar-refractivity contribution is 6.07. The summed E-state index contributed by atoms with van der Waals surface area (Å²) in [6, 6.07) is 7.55. The van der Waals surface area contributed by atoms with Gasteiger partial charge >= 0.3 is 0 Å². The Morgan fingerprint density at radius 1 is 1.30 bits per heavy atom. The first-order valence-corrected chi connectivity index (χ1v) is 11.5. The first-order chi connectivity index (χ1) is 16.0. The molecule has 8 nitrogen and oxygen atoms in total. The van der Waals surface area contributed by atoms with Crippen LogP contribution in [0.1, 0.15) is 48.4 Å². The molecule has 2 amide bonds. The van der Waals surface area contributed by atoms with Gasteiger partial charge in [-0.15, -0.1) is 0 Å². The topological polar surface area (TPSA) is 89.4 Å². The molecule has 1 aromatic carbocycles. The number of rotatable bonds is 7.